The molecule has 1 unspecified atom stereocenters. The summed E-state index contributed by atoms with van der Waals surface area (Å²) in [6, 6.07) is 6.59. The predicted octanol–water partition coefficient (Wildman–Crippen LogP) is 3.00. The molecule has 3 nitrogen and oxygen atoms in total. The van der Waals surface area contributed by atoms with Gasteiger partial charge < -0.3 is 10.2 Å². The lowest BCUT2D eigenvalue weighted by atomic mass is 9.97. The van der Waals surface area contributed by atoms with Crippen molar-refractivity contribution in [3.63, 3.8) is 0 Å². The third-order valence-electron chi connectivity index (χ3n) is 3.62. The van der Waals surface area contributed by atoms with Gasteiger partial charge in [-0.05, 0) is 41.3 Å². The second kappa shape index (κ2) is 5.56. The maximum atomic E-state index is 13.8. The Morgan fingerprint density at radius 2 is 2.19 bits per heavy atom. The Balaban J connectivity index is 2.09. The number of allylic oxidation sites excluding steroid dienone is 1. The summed E-state index contributed by atoms with van der Waals surface area (Å²) in [4.78, 5) is 3.94. The molecule has 0 aliphatic heterocycles. The van der Waals surface area contributed by atoms with Gasteiger partial charge in [-0.3, -0.25) is 0 Å². The summed E-state index contributed by atoms with van der Waals surface area (Å²) in [5.74, 6) is -0.271. The van der Waals surface area contributed by atoms with Crippen LogP contribution in [-0.2, 0) is 6.42 Å². The van der Waals surface area contributed by atoms with Crippen molar-refractivity contribution in [3.05, 3.63) is 63.7 Å². The van der Waals surface area contributed by atoms with E-state index in [2.05, 4.69) is 4.98 Å². The highest BCUT2D eigenvalue weighted by Crippen LogP contribution is 2.36. The molecule has 5 heteroatoms. The topological polar surface area (TPSA) is 53.4 Å². The second-order valence-electron chi connectivity index (χ2n) is 4.95. The molecule has 1 aliphatic rings. The van der Waals surface area contributed by atoms with Crippen LogP contribution in [0.3, 0.4) is 0 Å². The zero-order valence-electron chi connectivity index (χ0n) is 11.1. The summed E-state index contributed by atoms with van der Waals surface area (Å²) in [5.41, 5.74) is 3.47. The Bertz CT molecular complexity index is 730. The van der Waals surface area contributed by atoms with Crippen LogP contribution in [-0.4, -0.2) is 21.8 Å². The monoisotopic (exact) mass is 305 g/mol. The number of aromatic nitrogens is 1. The standard InChI is InChI=1S/C16H13ClFNO2/c17-16-6-11(13(7-19-16)15(21)8-20)10-4-9-2-1-3-14(18)12(9)5-10/h1-3,5-7,15,20-21H,4,8H2. The van der Waals surface area contributed by atoms with Crippen molar-refractivity contribution in [1.82, 2.24) is 4.98 Å². The smallest absolute Gasteiger partial charge is 0.130 e. The maximum Gasteiger partial charge on any atom is 0.130 e. The number of aliphatic hydroxyl groups excluding tert-OH is 2. The molecule has 0 radical (unpaired) electrons. The molecule has 108 valence electrons. The molecule has 0 amide bonds. The van der Waals surface area contributed by atoms with E-state index >= 15 is 0 Å². The quantitative estimate of drug-likeness (QED) is 0.857. The van der Waals surface area contributed by atoms with Crippen molar-refractivity contribution in [2.75, 3.05) is 6.61 Å². The fourth-order valence-electron chi connectivity index (χ4n) is 2.58. The van der Waals surface area contributed by atoms with E-state index in [0.29, 0.717) is 23.1 Å². The van der Waals surface area contributed by atoms with E-state index in [1.54, 1.807) is 18.2 Å². The largest absolute Gasteiger partial charge is 0.393 e. The molecule has 0 fully saturated rings. The number of hydrogen-bond acceptors (Lipinski definition) is 3. The van der Waals surface area contributed by atoms with E-state index < -0.39 is 12.7 Å². The number of aliphatic hydroxyl groups is 2. The molecule has 1 aromatic heterocycles. The summed E-state index contributed by atoms with van der Waals surface area (Å²) in [7, 11) is 0. The Morgan fingerprint density at radius 3 is 2.90 bits per heavy atom. The highest BCUT2D eigenvalue weighted by Gasteiger charge is 2.21. The van der Waals surface area contributed by atoms with Crippen LogP contribution in [0.4, 0.5) is 4.39 Å². The molecule has 2 aromatic rings. The van der Waals surface area contributed by atoms with Crippen LogP contribution in [0, 0.1) is 5.82 Å². The van der Waals surface area contributed by atoms with Crippen LogP contribution >= 0.6 is 11.6 Å². The van der Waals surface area contributed by atoms with Gasteiger partial charge in [0.05, 0.1) is 6.61 Å². The van der Waals surface area contributed by atoms with E-state index in [9.17, 15) is 9.50 Å². The number of hydrogen-bond donors (Lipinski definition) is 2. The van der Waals surface area contributed by atoms with E-state index in [0.717, 1.165) is 11.1 Å². The van der Waals surface area contributed by atoms with Gasteiger partial charge in [-0.2, -0.15) is 0 Å². The minimum Gasteiger partial charge on any atom is -0.393 e. The van der Waals surface area contributed by atoms with Crippen molar-refractivity contribution >= 4 is 23.3 Å². The summed E-state index contributed by atoms with van der Waals surface area (Å²) < 4.78 is 13.8. The number of fused-ring (bicyclic) bond motifs is 1. The van der Waals surface area contributed by atoms with E-state index in [4.69, 9.17) is 16.7 Å². The third kappa shape index (κ3) is 2.58. The number of nitrogens with zero attached hydrogens (tertiary/aromatic N) is 1. The van der Waals surface area contributed by atoms with Crippen LogP contribution in [0.15, 0.2) is 30.5 Å². The first kappa shape index (κ1) is 14.2. The van der Waals surface area contributed by atoms with Gasteiger partial charge in [0.1, 0.15) is 17.1 Å². The first-order valence-corrected chi connectivity index (χ1v) is 6.90. The lowest BCUT2D eigenvalue weighted by Gasteiger charge is -2.14. The highest BCUT2D eigenvalue weighted by molar-refractivity contribution is 6.29. The molecule has 2 N–H and O–H groups in total. The molecule has 1 aliphatic carbocycles. The Hall–Kier alpha value is -1.75. The molecule has 0 bridgehead atoms. The molecule has 0 spiro atoms. The van der Waals surface area contributed by atoms with E-state index in [1.807, 2.05) is 6.07 Å². The maximum absolute atomic E-state index is 13.8. The summed E-state index contributed by atoms with van der Waals surface area (Å²) in [6.07, 6.45) is 2.71. The fourth-order valence-corrected chi connectivity index (χ4v) is 2.74. The number of halogens is 2. The molecular formula is C16H13ClFNO2. The Morgan fingerprint density at radius 1 is 1.38 bits per heavy atom. The van der Waals surface area contributed by atoms with Gasteiger partial charge >= 0.3 is 0 Å². The average Bonchev–Trinajstić information content (AvgIpc) is 2.92. The first-order valence-electron chi connectivity index (χ1n) is 6.53. The third-order valence-corrected chi connectivity index (χ3v) is 3.83. The van der Waals surface area contributed by atoms with Crippen LogP contribution in [0.25, 0.3) is 11.6 Å². The first-order chi connectivity index (χ1) is 10.1. The van der Waals surface area contributed by atoms with Crippen molar-refractivity contribution in [2.24, 2.45) is 0 Å². The fraction of sp³-hybridized carbons (Fsp3) is 0.188. The molecule has 0 saturated heterocycles. The normalized spacial score (nSPS) is 14.8. The molecule has 1 heterocycles. The minimum atomic E-state index is -1.04. The zero-order valence-corrected chi connectivity index (χ0v) is 11.8. The molecule has 21 heavy (non-hydrogen) atoms. The minimum absolute atomic E-state index is 0.271. The number of pyridine rings is 1. The van der Waals surface area contributed by atoms with E-state index in [-0.39, 0.29) is 11.0 Å². The predicted molar refractivity (Wildman–Crippen MR) is 79.3 cm³/mol. The molecular weight excluding hydrogens is 293 g/mol. The lowest BCUT2D eigenvalue weighted by molar-refractivity contribution is 0.0951. The molecule has 0 saturated carbocycles. The van der Waals surface area contributed by atoms with Crippen LogP contribution < -0.4 is 0 Å². The van der Waals surface area contributed by atoms with Gasteiger partial charge in [0.2, 0.25) is 0 Å². The van der Waals surface area contributed by atoms with Crippen LogP contribution in [0.2, 0.25) is 5.15 Å². The van der Waals surface area contributed by atoms with Gasteiger partial charge in [0, 0.05) is 17.3 Å². The van der Waals surface area contributed by atoms with Gasteiger partial charge in [0.25, 0.3) is 0 Å². The van der Waals surface area contributed by atoms with E-state index in [1.165, 1.54) is 12.3 Å². The van der Waals surface area contributed by atoms with Gasteiger partial charge in [-0.15, -0.1) is 0 Å². The van der Waals surface area contributed by atoms with Crippen LogP contribution in [0.1, 0.15) is 28.4 Å². The Kier molecular flexibility index (Phi) is 3.76. The molecule has 3 rings (SSSR count). The number of benzene rings is 1. The van der Waals surface area contributed by atoms with Gasteiger partial charge in [-0.1, -0.05) is 23.7 Å². The van der Waals surface area contributed by atoms with Crippen molar-refractivity contribution in [2.45, 2.75) is 12.5 Å². The SMILES string of the molecule is OCC(O)c1cnc(Cl)cc1C1=Cc2c(F)cccc2C1. The summed E-state index contributed by atoms with van der Waals surface area (Å²) in [6.45, 7) is -0.412. The van der Waals surface area contributed by atoms with Crippen molar-refractivity contribution in [1.29, 1.82) is 0 Å². The summed E-state index contributed by atoms with van der Waals surface area (Å²) in [5, 5.41) is 19.3. The van der Waals surface area contributed by atoms with Gasteiger partial charge in [0.15, 0.2) is 0 Å². The summed E-state index contributed by atoms with van der Waals surface area (Å²) >= 11 is 5.93. The number of rotatable bonds is 3. The van der Waals surface area contributed by atoms with Gasteiger partial charge in [-0.25, -0.2) is 9.37 Å². The Labute approximate surface area is 126 Å². The molecule has 1 aromatic carbocycles. The van der Waals surface area contributed by atoms with Crippen molar-refractivity contribution in [3.8, 4) is 0 Å². The van der Waals surface area contributed by atoms with Crippen molar-refractivity contribution < 1.29 is 14.6 Å². The lowest BCUT2D eigenvalue weighted by Crippen LogP contribution is -2.07. The highest BCUT2D eigenvalue weighted by atomic mass is 35.5. The molecule has 1 atom stereocenters. The second-order valence-corrected chi connectivity index (χ2v) is 5.34. The average molecular weight is 306 g/mol. The van der Waals surface area contributed by atoms with Crippen LogP contribution in [0.5, 0.6) is 0 Å². The zero-order chi connectivity index (χ0) is 15.0.